The SMILES string of the molecule is CC[C@H](C)C(NC(=O)CCC(C)C)C(=O)N1CCC(c2ccc(Cl)cc2)CC1. The third-order valence-electron chi connectivity index (χ3n) is 5.89. The number of nitrogens with one attached hydrogen (secondary N) is 1. The van der Waals surface area contributed by atoms with Crippen LogP contribution in [0, 0.1) is 11.8 Å². The van der Waals surface area contributed by atoms with Crippen LogP contribution in [0.25, 0.3) is 0 Å². The summed E-state index contributed by atoms with van der Waals surface area (Å²) in [6.45, 7) is 9.80. The van der Waals surface area contributed by atoms with E-state index < -0.39 is 6.04 Å². The molecular formula is C23H35ClN2O2. The van der Waals surface area contributed by atoms with Gasteiger partial charge in [-0.15, -0.1) is 0 Å². The van der Waals surface area contributed by atoms with Crippen molar-refractivity contribution in [1.29, 1.82) is 0 Å². The van der Waals surface area contributed by atoms with Crippen LogP contribution in [-0.2, 0) is 9.59 Å². The fraction of sp³-hybridized carbons (Fsp3) is 0.652. The maximum atomic E-state index is 13.2. The van der Waals surface area contributed by atoms with Crippen LogP contribution in [0.3, 0.4) is 0 Å². The first-order valence-corrected chi connectivity index (χ1v) is 11.0. The van der Waals surface area contributed by atoms with Gasteiger partial charge in [-0.2, -0.15) is 0 Å². The minimum atomic E-state index is -0.420. The molecule has 0 spiro atoms. The maximum absolute atomic E-state index is 13.2. The lowest BCUT2D eigenvalue weighted by Crippen LogP contribution is -2.53. The Bertz CT molecular complexity index is 637. The predicted molar refractivity (Wildman–Crippen MR) is 115 cm³/mol. The van der Waals surface area contributed by atoms with Gasteiger partial charge in [0.25, 0.3) is 0 Å². The molecule has 0 aromatic heterocycles. The summed E-state index contributed by atoms with van der Waals surface area (Å²) in [5, 5.41) is 3.78. The van der Waals surface area contributed by atoms with E-state index in [1.165, 1.54) is 5.56 Å². The molecule has 1 saturated heterocycles. The summed E-state index contributed by atoms with van der Waals surface area (Å²) >= 11 is 5.99. The molecule has 1 aliphatic heterocycles. The van der Waals surface area contributed by atoms with Gasteiger partial charge in [0, 0.05) is 24.5 Å². The van der Waals surface area contributed by atoms with Crippen LogP contribution in [0.15, 0.2) is 24.3 Å². The van der Waals surface area contributed by atoms with Gasteiger partial charge in [0.05, 0.1) is 0 Å². The van der Waals surface area contributed by atoms with E-state index in [1.807, 2.05) is 24.0 Å². The normalized spacial score (nSPS) is 17.4. The Morgan fingerprint density at radius 1 is 1.14 bits per heavy atom. The lowest BCUT2D eigenvalue weighted by molar-refractivity contribution is -0.138. The summed E-state index contributed by atoms with van der Waals surface area (Å²) in [4.78, 5) is 27.4. The minimum absolute atomic E-state index is 0.0107. The molecule has 0 aliphatic carbocycles. The molecule has 2 rings (SSSR count). The number of benzene rings is 1. The Balaban J connectivity index is 1.95. The van der Waals surface area contributed by atoms with E-state index in [0.717, 1.165) is 43.8 Å². The zero-order valence-electron chi connectivity index (χ0n) is 17.7. The molecule has 28 heavy (non-hydrogen) atoms. The number of nitrogens with zero attached hydrogens (tertiary/aromatic N) is 1. The zero-order chi connectivity index (χ0) is 20.7. The average molecular weight is 407 g/mol. The van der Waals surface area contributed by atoms with Gasteiger partial charge in [-0.05, 0) is 54.7 Å². The number of hydrogen-bond acceptors (Lipinski definition) is 2. The van der Waals surface area contributed by atoms with Crippen LogP contribution in [0.2, 0.25) is 5.02 Å². The highest BCUT2D eigenvalue weighted by Crippen LogP contribution is 2.29. The molecule has 4 nitrogen and oxygen atoms in total. The monoisotopic (exact) mass is 406 g/mol. The lowest BCUT2D eigenvalue weighted by Gasteiger charge is -2.36. The van der Waals surface area contributed by atoms with Gasteiger partial charge in [0.15, 0.2) is 0 Å². The molecule has 1 aliphatic rings. The van der Waals surface area contributed by atoms with Crippen molar-refractivity contribution < 1.29 is 9.59 Å². The second-order valence-corrected chi connectivity index (χ2v) is 8.95. The second kappa shape index (κ2) is 10.8. The molecule has 0 bridgehead atoms. The fourth-order valence-corrected chi connectivity index (χ4v) is 3.84. The third-order valence-corrected chi connectivity index (χ3v) is 6.14. The van der Waals surface area contributed by atoms with Crippen molar-refractivity contribution in [3.63, 3.8) is 0 Å². The molecule has 1 N–H and O–H groups in total. The topological polar surface area (TPSA) is 49.4 Å². The van der Waals surface area contributed by atoms with Gasteiger partial charge in [0.1, 0.15) is 6.04 Å². The quantitative estimate of drug-likeness (QED) is 0.659. The van der Waals surface area contributed by atoms with Crippen LogP contribution in [-0.4, -0.2) is 35.8 Å². The molecule has 5 heteroatoms. The van der Waals surface area contributed by atoms with Crippen molar-refractivity contribution in [3.05, 3.63) is 34.9 Å². The molecular weight excluding hydrogens is 372 g/mol. The molecule has 1 aromatic carbocycles. The highest BCUT2D eigenvalue weighted by Gasteiger charge is 2.32. The van der Waals surface area contributed by atoms with E-state index in [1.54, 1.807) is 0 Å². The fourth-order valence-electron chi connectivity index (χ4n) is 3.71. The van der Waals surface area contributed by atoms with Crippen LogP contribution in [0.1, 0.15) is 71.3 Å². The smallest absolute Gasteiger partial charge is 0.245 e. The number of piperidine rings is 1. The predicted octanol–water partition coefficient (Wildman–Crippen LogP) is 5.01. The standard InChI is InChI=1S/C23H35ClN2O2/c1-5-17(4)22(25-21(27)11-6-16(2)3)23(28)26-14-12-19(13-15-26)18-7-9-20(24)10-8-18/h7-10,16-17,19,22H,5-6,11-15H2,1-4H3,(H,25,27)/t17-,22?/m0/s1. The number of rotatable bonds is 8. The van der Waals surface area contributed by atoms with E-state index in [2.05, 4.69) is 38.2 Å². The van der Waals surface area contributed by atoms with Gasteiger partial charge in [-0.3, -0.25) is 9.59 Å². The number of carbonyl (C=O) groups excluding carboxylic acids is 2. The summed E-state index contributed by atoms with van der Waals surface area (Å²) in [7, 11) is 0. The summed E-state index contributed by atoms with van der Waals surface area (Å²) in [6.07, 6.45) is 4.09. The minimum Gasteiger partial charge on any atom is -0.344 e. The molecule has 1 unspecified atom stereocenters. The molecule has 2 atom stereocenters. The Kier molecular flexibility index (Phi) is 8.81. The summed E-state index contributed by atoms with van der Waals surface area (Å²) < 4.78 is 0. The van der Waals surface area contributed by atoms with E-state index in [4.69, 9.17) is 11.6 Å². The van der Waals surface area contributed by atoms with Gasteiger partial charge < -0.3 is 10.2 Å². The van der Waals surface area contributed by atoms with Crippen molar-refractivity contribution in [1.82, 2.24) is 10.2 Å². The number of hydrogen-bond donors (Lipinski definition) is 1. The molecule has 2 amide bonds. The average Bonchev–Trinajstić information content (AvgIpc) is 2.70. The molecule has 0 saturated carbocycles. The van der Waals surface area contributed by atoms with Crippen LogP contribution >= 0.6 is 11.6 Å². The molecule has 156 valence electrons. The number of carbonyl (C=O) groups is 2. The summed E-state index contributed by atoms with van der Waals surface area (Å²) in [5.74, 6) is 1.13. The van der Waals surface area contributed by atoms with Crippen molar-refractivity contribution in [2.75, 3.05) is 13.1 Å². The van der Waals surface area contributed by atoms with Crippen molar-refractivity contribution >= 4 is 23.4 Å². The third kappa shape index (κ3) is 6.51. The maximum Gasteiger partial charge on any atom is 0.245 e. The van der Waals surface area contributed by atoms with Crippen molar-refractivity contribution in [3.8, 4) is 0 Å². The Morgan fingerprint density at radius 2 is 1.75 bits per heavy atom. The first-order valence-electron chi connectivity index (χ1n) is 10.6. The number of likely N-dealkylation sites (tertiary alicyclic amines) is 1. The highest BCUT2D eigenvalue weighted by molar-refractivity contribution is 6.30. The van der Waals surface area contributed by atoms with Crippen LogP contribution < -0.4 is 5.32 Å². The van der Waals surface area contributed by atoms with E-state index >= 15 is 0 Å². The van der Waals surface area contributed by atoms with E-state index in [0.29, 0.717) is 18.3 Å². The van der Waals surface area contributed by atoms with Crippen molar-refractivity contribution in [2.45, 2.75) is 71.8 Å². The first-order chi connectivity index (χ1) is 13.3. The Morgan fingerprint density at radius 3 is 2.29 bits per heavy atom. The zero-order valence-corrected chi connectivity index (χ0v) is 18.5. The molecule has 1 heterocycles. The highest BCUT2D eigenvalue weighted by atomic mass is 35.5. The summed E-state index contributed by atoms with van der Waals surface area (Å²) in [6, 6.07) is 7.61. The van der Waals surface area contributed by atoms with Crippen LogP contribution in [0.5, 0.6) is 0 Å². The number of halogens is 1. The van der Waals surface area contributed by atoms with Crippen LogP contribution in [0.4, 0.5) is 0 Å². The second-order valence-electron chi connectivity index (χ2n) is 8.51. The number of amides is 2. The largest absolute Gasteiger partial charge is 0.344 e. The van der Waals surface area contributed by atoms with Gasteiger partial charge in [-0.25, -0.2) is 0 Å². The Hall–Kier alpha value is -1.55. The Labute approximate surface area is 175 Å². The molecule has 1 aromatic rings. The lowest BCUT2D eigenvalue weighted by atomic mass is 9.88. The molecule has 1 fully saturated rings. The van der Waals surface area contributed by atoms with Gasteiger partial charge in [0.2, 0.25) is 11.8 Å². The first kappa shape index (κ1) is 22.7. The van der Waals surface area contributed by atoms with E-state index in [-0.39, 0.29) is 17.7 Å². The molecule has 0 radical (unpaired) electrons. The summed E-state index contributed by atoms with van der Waals surface area (Å²) in [5.41, 5.74) is 1.29. The van der Waals surface area contributed by atoms with Gasteiger partial charge in [-0.1, -0.05) is 57.8 Å². The van der Waals surface area contributed by atoms with Crippen molar-refractivity contribution in [2.24, 2.45) is 11.8 Å². The van der Waals surface area contributed by atoms with E-state index in [9.17, 15) is 9.59 Å². The van der Waals surface area contributed by atoms with Gasteiger partial charge >= 0.3 is 0 Å².